The summed E-state index contributed by atoms with van der Waals surface area (Å²) in [4.78, 5) is 30.5. The van der Waals surface area contributed by atoms with Crippen LogP contribution in [0.1, 0.15) is 45.2 Å². The highest BCUT2D eigenvalue weighted by Gasteiger charge is 2.51. The Morgan fingerprint density at radius 3 is 2.56 bits per heavy atom. The number of anilines is 1. The SMILES string of the molecule is CC1(C)OB(c2ccc3c(c2)NC(=O)[C@@H](NC(=O)C2=CC(Cc4ccccc4)=NC2)CC3)OC1(C)C. The van der Waals surface area contributed by atoms with Crippen LogP contribution in [0.2, 0.25) is 0 Å². The molecule has 2 N–H and O–H groups in total. The first-order valence-electron chi connectivity index (χ1n) is 12.5. The van der Waals surface area contributed by atoms with E-state index in [2.05, 4.69) is 15.6 Å². The summed E-state index contributed by atoms with van der Waals surface area (Å²) < 4.78 is 12.3. The largest absolute Gasteiger partial charge is 0.494 e. The van der Waals surface area contributed by atoms with Crippen molar-refractivity contribution >= 4 is 35.8 Å². The van der Waals surface area contributed by atoms with Crippen LogP contribution in [0.5, 0.6) is 0 Å². The van der Waals surface area contributed by atoms with E-state index < -0.39 is 24.4 Å². The van der Waals surface area contributed by atoms with Gasteiger partial charge in [0.2, 0.25) is 11.8 Å². The van der Waals surface area contributed by atoms with Gasteiger partial charge in [-0.25, -0.2) is 0 Å². The molecule has 0 radical (unpaired) electrons. The summed E-state index contributed by atoms with van der Waals surface area (Å²) in [6, 6.07) is 15.3. The molecule has 7 nitrogen and oxygen atoms in total. The quantitative estimate of drug-likeness (QED) is 0.638. The molecule has 186 valence electrons. The Morgan fingerprint density at radius 1 is 1.11 bits per heavy atom. The van der Waals surface area contributed by atoms with E-state index in [0.29, 0.717) is 31.4 Å². The number of hydrogen-bond acceptors (Lipinski definition) is 5. The van der Waals surface area contributed by atoms with Crippen molar-refractivity contribution in [3.8, 4) is 0 Å². The third-order valence-corrected chi connectivity index (χ3v) is 7.55. The van der Waals surface area contributed by atoms with Gasteiger partial charge in [-0.05, 0) is 69.3 Å². The van der Waals surface area contributed by atoms with Gasteiger partial charge in [-0.15, -0.1) is 0 Å². The fraction of sp³-hybridized carbons (Fsp3) is 0.393. The third-order valence-electron chi connectivity index (χ3n) is 7.55. The van der Waals surface area contributed by atoms with E-state index in [1.165, 1.54) is 0 Å². The minimum Gasteiger partial charge on any atom is -0.399 e. The molecule has 0 unspecified atom stereocenters. The Balaban J connectivity index is 1.23. The van der Waals surface area contributed by atoms with Crippen molar-refractivity contribution in [3.05, 3.63) is 71.3 Å². The summed E-state index contributed by atoms with van der Waals surface area (Å²) in [5.41, 5.74) is 4.33. The van der Waals surface area contributed by atoms with Crippen LogP contribution in [0, 0.1) is 0 Å². The molecule has 36 heavy (non-hydrogen) atoms. The predicted molar refractivity (Wildman–Crippen MR) is 142 cm³/mol. The summed E-state index contributed by atoms with van der Waals surface area (Å²) in [5.74, 6) is -0.469. The summed E-state index contributed by atoms with van der Waals surface area (Å²) in [6.07, 6.45) is 3.70. The van der Waals surface area contributed by atoms with E-state index in [1.807, 2.05) is 82.3 Å². The number of carbonyl (C=O) groups excluding carboxylic acids is 2. The molecular weight excluding hydrogens is 453 g/mol. The van der Waals surface area contributed by atoms with Crippen LogP contribution >= 0.6 is 0 Å². The number of carbonyl (C=O) groups is 2. The first-order valence-corrected chi connectivity index (χ1v) is 12.5. The van der Waals surface area contributed by atoms with Gasteiger partial charge in [0.15, 0.2) is 0 Å². The molecule has 1 fully saturated rings. The minimum absolute atomic E-state index is 0.225. The molecule has 3 heterocycles. The number of aryl methyl sites for hydroxylation is 1. The highest BCUT2D eigenvalue weighted by Crippen LogP contribution is 2.36. The van der Waals surface area contributed by atoms with E-state index in [-0.39, 0.29) is 11.8 Å². The van der Waals surface area contributed by atoms with E-state index in [0.717, 1.165) is 28.0 Å². The first kappa shape index (κ1) is 24.5. The number of rotatable bonds is 5. The monoisotopic (exact) mass is 485 g/mol. The van der Waals surface area contributed by atoms with Gasteiger partial charge in [0.05, 0.1) is 17.7 Å². The molecule has 0 spiro atoms. The number of allylic oxidation sites excluding steroid dienone is 1. The molecule has 3 aliphatic rings. The van der Waals surface area contributed by atoms with Gasteiger partial charge >= 0.3 is 7.12 Å². The number of hydrogen-bond donors (Lipinski definition) is 2. The van der Waals surface area contributed by atoms with Gasteiger partial charge in [0, 0.05) is 23.4 Å². The normalized spacial score (nSPS) is 22.3. The van der Waals surface area contributed by atoms with Gasteiger partial charge in [0.25, 0.3) is 0 Å². The van der Waals surface area contributed by atoms with Crippen LogP contribution < -0.4 is 16.1 Å². The summed E-state index contributed by atoms with van der Waals surface area (Å²) >= 11 is 0. The lowest BCUT2D eigenvalue weighted by Crippen LogP contribution is -2.44. The number of benzene rings is 2. The second-order valence-corrected chi connectivity index (χ2v) is 10.7. The predicted octanol–water partition coefficient (Wildman–Crippen LogP) is 2.98. The van der Waals surface area contributed by atoms with Crippen LogP contribution in [0.15, 0.2) is 65.2 Å². The molecule has 5 rings (SSSR count). The molecule has 2 amide bonds. The van der Waals surface area contributed by atoms with Crippen LogP contribution in [-0.2, 0) is 31.7 Å². The molecule has 0 bridgehead atoms. The standard InChI is InChI=1S/C28H32BN3O4/c1-27(2)28(3,4)36-29(35-27)21-12-10-19-11-13-23(26(34)32-24(19)16-21)31-25(33)20-15-22(30-17-20)14-18-8-6-5-7-9-18/h5-10,12,15-16,23H,11,13-14,17H2,1-4H3,(H,31,33)(H,32,34)/t23-/m0/s1. The fourth-order valence-electron chi connectivity index (χ4n) is 4.62. The topological polar surface area (TPSA) is 89.0 Å². The van der Waals surface area contributed by atoms with Gasteiger partial charge < -0.3 is 19.9 Å². The average Bonchev–Trinajstić information content (AvgIpc) is 3.33. The molecule has 1 saturated heterocycles. The molecule has 0 aliphatic carbocycles. The number of nitrogens with one attached hydrogen (secondary N) is 2. The third kappa shape index (κ3) is 4.88. The van der Waals surface area contributed by atoms with Crippen molar-refractivity contribution in [1.29, 1.82) is 0 Å². The Bertz CT molecular complexity index is 1240. The van der Waals surface area contributed by atoms with Crippen LogP contribution in [-0.4, -0.2) is 48.4 Å². The highest BCUT2D eigenvalue weighted by molar-refractivity contribution is 6.62. The zero-order valence-electron chi connectivity index (χ0n) is 21.3. The van der Waals surface area contributed by atoms with Gasteiger partial charge in [-0.2, -0.15) is 0 Å². The second kappa shape index (κ2) is 9.34. The molecule has 8 heteroatoms. The molecule has 3 aliphatic heterocycles. The van der Waals surface area contributed by atoms with E-state index in [4.69, 9.17) is 9.31 Å². The lowest BCUT2D eigenvalue weighted by atomic mass is 9.78. The fourth-order valence-corrected chi connectivity index (χ4v) is 4.62. The zero-order chi connectivity index (χ0) is 25.5. The van der Waals surface area contributed by atoms with Crippen molar-refractivity contribution in [1.82, 2.24) is 5.32 Å². The molecule has 2 aromatic carbocycles. The van der Waals surface area contributed by atoms with Crippen molar-refractivity contribution in [2.75, 3.05) is 11.9 Å². The van der Waals surface area contributed by atoms with E-state index in [1.54, 1.807) is 0 Å². The van der Waals surface area contributed by atoms with Gasteiger partial charge in [-0.1, -0.05) is 42.5 Å². The molecular formula is C28H32BN3O4. The highest BCUT2D eigenvalue weighted by atomic mass is 16.7. The number of aliphatic imine (C=N–C) groups is 1. The van der Waals surface area contributed by atoms with Crippen LogP contribution in [0.25, 0.3) is 0 Å². The average molecular weight is 485 g/mol. The summed E-state index contributed by atoms with van der Waals surface area (Å²) in [5, 5.41) is 5.92. The maximum Gasteiger partial charge on any atom is 0.494 e. The molecule has 0 aromatic heterocycles. The summed E-state index contributed by atoms with van der Waals surface area (Å²) in [7, 11) is -0.504. The maximum absolute atomic E-state index is 13.0. The zero-order valence-corrected chi connectivity index (χ0v) is 21.3. The summed E-state index contributed by atoms with van der Waals surface area (Å²) in [6.45, 7) is 8.39. The molecule has 2 aromatic rings. The number of nitrogens with zero attached hydrogens (tertiary/aromatic N) is 1. The lowest BCUT2D eigenvalue weighted by Gasteiger charge is -2.32. The maximum atomic E-state index is 13.0. The van der Waals surface area contributed by atoms with Crippen molar-refractivity contribution in [2.24, 2.45) is 4.99 Å². The Morgan fingerprint density at radius 2 is 1.83 bits per heavy atom. The van der Waals surface area contributed by atoms with Crippen molar-refractivity contribution in [2.45, 2.75) is 64.2 Å². The Kier molecular flexibility index (Phi) is 6.35. The molecule has 1 atom stereocenters. The number of amides is 2. The van der Waals surface area contributed by atoms with E-state index in [9.17, 15) is 9.59 Å². The second-order valence-electron chi connectivity index (χ2n) is 10.7. The van der Waals surface area contributed by atoms with E-state index >= 15 is 0 Å². The smallest absolute Gasteiger partial charge is 0.399 e. The van der Waals surface area contributed by atoms with Crippen LogP contribution in [0.4, 0.5) is 5.69 Å². The Hall–Kier alpha value is -3.23. The van der Waals surface area contributed by atoms with Gasteiger partial charge in [0.1, 0.15) is 6.04 Å². The minimum atomic E-state index is -0.621. The number of fused-ring (bicyclic) bond motifs is 1. The first-order chi connectivity index (χ1) is 17.1. The van der Waals surface area contributed by atoms with Crippen molar-refractivity contribution in [3.63, 3.8) is 0 Å². The van der Waals surface area contributed by atoms with Crippen LogP contribution in [0.3, 0.4) is 0 Å². The lowest BCUT2D eigenvalue weighted by molar-refractivity contribution is -0.124. The van der Waals surface area contributed by atoms with Gasteiger partial charge in [-0.3, -0.25) is 14.6 Å². The Labute approximate surface area is 212 Å². The molecule has 0 saturated carbocycles. The van der Waals surface area contributed by atoms with Crippen molar-refractivity contribution < 1.29 is 18.9 Å².